The molecule has 0 amide bonds. The highest BCUT2D eigenvalue weighted by Crippen LogP contribution is 2.26. The Morgan fingerprint density at radius 3 is 2.64 bits per heavy atom. The van der Waals surface area contributed by atoms with Crippen molar-refractivity contribution < 1.29 is 4.74 Å². The number of hydrogen-bond acceptors (Lipinski definition) is 6. The first kappa shape index (κ1) is 16.3. The number of hydrogen-bond donors (Lipinski definition) is 2. The minimum Gasteiger partial charge on any atom is -0.495 e. The van der Waals surface area contributed by atoms with Gasteiger partial charge in [0.1, 0.15) is 11.6 Å². The van der Waals surface area contributed by atoms with E-state index in [0.29, 0.717) is 23.1 Å². The van der Waals surface area contributed by atoms with Gasteiger partial charge in [-0.15, -0.1) is 0 Å². The summed E-state index contributed by atoms with van der Waals surface area (Å²) in [6.45, 7) is 1.89. The zero-order valence-electron chi connectivity index (χ0n) is 13.9. The molecule has 0 saturated heterocycles. The van der Waals surface area contributed by atoms with E-state index >= 15 is 0 Å². The number of rotatable bonds is 5. The summed E-state index contributed by atoms with van der Waals surface area (Å²) in [5.74, 6) is 1.81. The predicted molar refractivity (Wildman–Crippen MR) is 97.5 cm³/mol. The lowest BCUT2D eigenvalue weighted by atomic mass is 10.2. The molecule has 3 aromatic rings. The minimum atomic E-state index is 0.462. The van der Waals surface area contributed by atoms with Gasteiger partial charge in [0.2, 0.25) is 5.95 Å². The lowest BCUT2D eigenvalue weighted by molar-refractivity contribution is 0.417. The molecule has 0 unspecified atom stereocenters. The summed E-state index contributed by atoms with van der Waals surface area (Å²) in [6.07, 6.45) is 0. The standard InChI is InChI=1S/C19H17N5O/c1-13-10-18(22-15-7-5-6-14(11-15)12-20)24-19(21-13)23-16-8-3-4-9-17(16)25-2/h3-11H,1-2H3,(H2,21,22,23,24). The molecule has 2 aromatic carbocycles. The molecule has 0 saturated carbocycles. The first-order valence-electron chi connectivity index (χ1n) is 7.71. The van der Waals surface area contributed by atoms with E-state index in [2.05, 4.69) is 26.7 Å². The molecule has 0 atom stereocenters. The summed E-state index contributed by atoms with van der Waals surface area (Å²) in [5.41, 5.74) is 2.97. The van der Waals surface area contributed by atoms with Crippen LogP contribution in [0.4, 0.5) is 23.1 Å². The van der Waals surface area contributed by atoms with Crippen LogP contribution in [0.2, 0.25) is 0 Å². The average molecular weight is 331 g/mol. The fourth-order valence-electron chi connectivity index (χ4n) is 2.37. The van der Waals surface area contributed by atoms with E-state index in [4.69, 9.17) is 10.00 Å². The molecule has 0 bridgehead atoms. The van der Waals surface area contributed by atoms with Gasteiger partial charge < -0.3 is 15.4 Å². The molecule has 6 nitrogen and oxygen atoms in total. The van der Waals surface area contributed by atoms with Gasteiger partial charge in [0.25, 0.3) is 0 Å². The van der Waals surface area contributed by atoms with Gasteiger partial charge in [-0.25, -0.2) is 4.98 Å². The number of para-hydroxylation sites is 2. The lowest BCUT2D eigenvalue weighted by Gasteiger charge is -2.12. The molecule has 1 aromatic heterocycles. The van der Waals surface area contributed by atoms with Crippen LogP contribution in [0.25, 0.3) is 0 Å². The zero-order chi connectivity index (χ0) is 17.6. The summed E-state index contributed by atoms with van der Waals surface area (Å²) in [7, 11) is 1.62. The maximum Gasteiger partial charge on any atom is 0.229 e. The Bertz CT molecular complexity index is 933. The molecule has 0 fully saturated rings. The van der Waals surface area contributed by atoms with E-state index in [0.717, 1.165) is 17.1 Å². The second kappa shape index (κ2) is 7.32. The van der Waals surface area contributed by atoms with E-state index < -0.39 is 0 Å². The van der Waals surface area contributed by atoms with Gasteiger partial charge in [-0.2, -0.15) is 10.2 Å². The Labute approximate surface area is 146 Å². The van der Waals surface area contributed by atoms with Crippen LogP contribution in [0.3, 0.4) is 0 Å². The highest BCUT2D eigenvalue weighted by atomic mass is 16.5. The quantitative estimate of drug-likeness (QED) is 0.730. The average Bonchev–Trinajstić information content (AvgIpc) is 2.62. The maximum atomic E-state index is 9.00. The van der Waals surface area contributed by atoms with Crippen molar-refractivity contribution >= 4 is 23.1 Å². The summed E-state index contributed by atoms with van der Waals surface area (Å²) >= 11 is 0. The molecular weight excluding hydrogens is 314 g/mol. The van der Waals surface area contributed by atoms with Crippen LogP contribution in [-0.2, 0) is 0 Å². The molecule has 6 heteroatoms. The molecule has 0 aliphatic rings. The summed E-state index contributed by atoms with van der Waals surface area (Å²) in [5, 5.41) is 15.4. The minimum absolute atomic E-state index is 0.462. The molecule has 0 spiro atoms. The summed E-state index contributed by atoms with van der Waals surface area (Å²) in [6, 6.07) is 18.8. The predicted octanol–water partition coefficient (Wildman–Crippen LogP) is 4.15. The molecule has 3 rings (SSSR count). The molecule has 2 N–H and O–H groups in total. The van der Waals surface area contributed by atoms with Crippen molar-refractivity contribution in [3.63, 3.8) is 0 Å². The number of ether oxygens (including phenoxy) is 1. The number of nitrogens with zero attached hydrogens (tertiary/aromatic N) is 3. The molecular formula is C19H17N5O. The van der Waals surface area contributed by atoms with Gasteiger partial charge in [0, 0.05) is 17.4 Å². The molecule has 0 radical (unpaired) electrons. The smallest absolute Gasteiger partial charge is 0.229 e. The Kier molecular flexibility index (Phi) is 4.77. The summed E-state index contributed by atoms with van der Waals surface area (Å²) in [4.78, 5) is 8.89. The fraction of sp³-hybridized carbons (Fsp3) is 0.105. The largest absolute Gasteiger partial charge is 0.495 e. The van der Waals surface area contributed by atoms with Crippen LogP contribution in [0.5, 0.6) is 5.75 Å². The van der Waals surface area contributed by atoms with Gasteiger partial charge in [0.05, 0.1) is 24.4 Å². The van der Waals surface area contributed by atoms with Crippen LogP contribution in [0.1, 0.15) is 11.3 Å². The Balaban J connectivity index is 1.86. The first-order chi connectivity index (χ1) is 12.2. The maximum absolute atomic E-state index is 9.00. The zero-order valence-corrected chi connectivity index (χ0v) is 13.9. The monoisotopic (exact) mass is 331 g/mol. The Morgan fingerprint density at radius 2 is 1.84 bits per heavy atom. The fourth-order valence-corrected chi connectivity index (χ4v) is 2.37. The van der Waals surface area contributed by atoms with Gasteiger partial charge in [0.15, 0.2) is 0 Å². The molecule has 124 valence electrons. The molecule has 0 aliphatic carbocycles. The number of methoxy groups -OCH3 is 1. The van der Waals surface area contributed by atoms with Gasteiger partial charge in [-0.1, -0.05) is 18.2 Å². The van der Waals surface area contributed by atoms with E-state index in [1.54, 1.807) is 19.2 Å². The van der Waals surface area contributed by atoms with Gasteiger partial charge >= 0.3 is 0 Å². The van der Waals surface area contributed by atoms with Gasteiger partial charge in [-0.3, -0.25) is 0 Å². The van der Waals surface area contributed by atoms with Crippen molar-refractivity contribution in [3.8, 4) is 11.8 Å². The highest BCUT2D eigenvalue weighted by molar-refractivity contribution is 5.65. The number of nitrogens with one attached hydrogen (secondary N) is 2. The van der Waals surface area contributed by atoms with Gasteiger partial charge in [-0.05, 0) is 37.3 Å². The normalized spacial score (nSPS) is 9.96. The first-order valence-corrected chi connectivity index (χ1v) is 7.71. The summed E-state index contributed by atoms with van der Waals surface area (Å²) < 4.78 is 5.33. The Hall–Kier alpha value is -3.59. The third-order valence-corrected chi connectivity index (χ3v) is 3.47. The molecule has 1 heterocycles. The molecule has 25 heavy (non-hydrogen) atoms. The van der Waals surface area contributed by atoms with E-state index in [1.165, 1.54) is 0 Å². The van der Waals surface area contributed by atoms with Crippen LogP contribution in [0.15, 0.2) is 54.6 Å². The van der Waals surface area contributed by atoms with Crippen LogP contribution < -0.4 is 15.4 Å². The number of benzene rings is 2. The van der Waals surface area contributed by atoms with Crippen molar-refractivity contribution in [1.82, 2.24) is 9.97 Å². The van der Waals surface area contributed by atoms with Crippen molar-refractivity contribution in [3.05, 3.63) is 65.9 Å². The van der Waals surface area contributed by atoms with Crippen LogP contribution in [0, 0.1) is 18.3 Å². The number of nitriles is 1. The number of aromatic nitrogens is 2. The Morgan fingerprint density at radius 1 is 1.00 bits per heavy atom. The third-order valence-electron chi connectivity index (χ3n) is 3.47. The molecule has 0 aliphatic heterocycles. The van der Waals surface area contributed by atoms with Crippen molar-refractivity contribution in [2.24, 2.45) is 0 Å². The highest BCUT2D eigenvalue weighted by Gasteiger charge is 2.07. The SMILES string of the molecule is COc1ccccc1Nc1nc(C)cc(Nc2cccc(C#N)c2)n1. The second-order valence-electron chi connectivity index (χ2n) is 5.36. The van der Waals surface area contributed by atoms with E-state index in [1.807, 2.05) is 49.4 Å². The second-order valence-corrected chi connectivity index (χ2v) is 5.36. The van der Waals surface area contributed by atoms with Crippen molar-refractivity contribution in [1.29, 1.82) is 5.26 Å². The van der Waals surface area contributed by atoms with E-state index in [-0.39, 0.29) is 0 Å². The third kappa shape index (κ3) is 4.03. The van der Waals surface area contributed by atoms with Crippen LogP contribution >= 0.6 is 0 Å². The van der Waals surface area contributed by atoms with E-state index in [9.17, 15) is 0 Å². The lowest BCUT2D eigenvalue weighted by Crippen LogP contribution is -2.03. The van der Waals surface area contributed by atoms with Crippen LogP contribution in [-0.4, -0.2) is 17.1 Å². The number of aryl methyl sites for hydroxylation is 1. The van der Waals surface area contributed by atoms with Crippen molar-refractivity contribution in [2.75, 3.05) is 17.7 Å². The topological polar surface area (TPSA) is 82.9 Å². The van der Waals surface area contributed by atoms with Crippen molar-refractivity contribution in [2.45, 2.75) is 6.92 Å². The number of anilines is 4.